The molecule has 1 atom stereocenters. The van der Waals surface area contributed by atoms with Gasteiger partial charge in [-0.25, -0.2) is 0 Å². The molecule has 2 fully saturated rings. The molecule has 2 aromatic carbocycles. The number of carbonyl (C=O) groups excluding carboxylic acids is 3. The number of hydrogen-bond acceptors (Lipinski definition) is 3. The van der Waals surface area contributed by atoms with Gasteiger partial charge in [-0.15, -0.1) is 0 Å². The van der Waals surface area contributed by atoms with E-state index in [4.69, 9.17) is 0 Å². The lowest BCUT2D eigenvalue weighted by Crippen LogP contribution is -2.30. The predicted molar refractivity (Wildman–Crippen MR) is 105 cm³/mol. The van der Waals surface area contributed by atoms with Crippen molar-refractivity contribution in [3.63, 3.8) is 0 Å². The van der Waals surface area contributed by atoms with E-state index in [1.54, 1.807) is 12.1 Å². The molecule has 5 nitrogen and oxygen atoms in total. The molecule has 0 spiro atoms. The fourth-order valence-electron chi connectivity index (χ4n) is 4.05. The molecule has 2 aliphatic heterocycles. The van der Waals surface area contributed by atoms with Gasteiger partial charge in [0.2, 0.25) is 11.8 Å². The largest absolute Gasteiger partial charge is 0.332 e. The first-order chi connectivity index (χ1) is 13.5. The molecule has 144 valence electrons. The van der Waals surface area contributed by atoms with Gasteiger partial charge < -0.3 is 4.90 Å². The first-order valence-electron chi connectivity index (χ1n) is 9.82. The van der Waals surface area contributed by atoms with Gasteiger partial charge >= 0.3 is 0 Å². The van der Waals surface area contributed by atoms with E-state index in [1.807, 2.05) is 17.0 Å². The molecule has 0 aromatic heterocycles. The molecule has 2 saturated heterocycles. The van der Waals surface area contributed by atoms with Crippen LogP contribution in [0.3, 0.4) is 0 Å². The normalized spacial score (nSPS) is 19.5. The van der Waals surface area contributed by atoms with Gasteiger partial charge in [0.05, 0.1) is 12.6 Å². The zero-order valence-corrected chi connectivity index (χ0v) is 16.1. The Hall–Kier alpha value is -2.95. The third-order valence-corrected chi connectivity index (χ3v) is 5.67. The summed E-state index contributed by atoms with van der Waals surface area (Å²) in [6.45, 7) is 3.10. The van der Waals surface area contributed by atoms with Crippen molar-refractivity contribution in [2.45, 2.75) is 45.2 Å². The zero-order valence-electron chi connectivity index (χ0n) is 16.1. The molecule has 5 heteroatoms. The van der Waals surface area contributed by atoms with Crippen molar-refractivity contribution in [3.8, 4) is 0 Å². The summed E-state index contributed by atoms with van der Waals surface area (Å²) >= 11 is 0. The van der Waals surface area contributed by atoms with Crippen molar-refractivity contribution in [2.75, 3.05) is 6.54 Å². The van der Waals surface area contributed by atoms with Gasteiger partial charge in [0.1, 0.15) is 0 Å². The van der Waals surface area contributed by atoms with E-state index in [1.165, 1.54) is 16.0 Å². The topological polar surface area (TPSA) is 57.7 Å². The highest BCUT2D eigenvalue weighted by molar-refractivity contribution is 6.01. The van der Waals surface area contributed by atoms with Crippen LogP contribution in [0.4, 0.5) is 0 Å². The summed E-state index contributed by atoms with van der Waals surface area (Å²) in [5.41, 5.74) is 3.89. The third-order valence-electron chi connectivity index (χ3n) is 5.67. The smallest absolute Gasteiger partial charge is 0.254 e. The van der Waals surface area contributed by atoms with Crippen molar-refractivity contribution in [1.82, 2.24) is 9.80 Å². The van der Waals surface area contributed by atoms with Crippen molar-refractivity contribution >= 4 is 17.7 Å². The van der Waals surface area contributed by atoms with E-state index >= 15 is 0 Å². The Balaban J connectivity index is 1.47. The summed E-state index contributed by atoms with van der Waals surface area (Å²) in [4.78, 5) is 39.9. The Morgan fingerprint density at radius 3 is 2.25 bits per heavy atom. The minimum Gasteiger partial charge on any atom is -0.332 e. The molecule has 2 heterocycles. The SMILES string of the molecule is Cc1ccc(C2CCCN2C(=O)c2ccc(CN3C(=O)CCC3=O)cc2)cc1. The highest BCUT2D eigenvalue weighted by atomic mass is 16.2. The molecular weight excluding hydrogens is 352 g/mol. The lowest BCUT2D eigenvalue weighted by atomic mass is 10.0. The number of amides is 3. The summed E-state index contributed by atoms with van der Waals surface area (Å²) in [7, 11) is 0. The Bertz CT molecular complexity index is 886. The number of nitrogens with zero attached hydrogens (tertiary/aromatic N) is 2. The quantitative estimate of drug-likeness (QED) is 0.766. The van der Waals surface area contributed by atoms with E-state index in [-0.39, 0.29) is 30.3 Å². The maximum absolute atomic E-state index is 13.1. The van der Waals surface area contributed by atoms with Gasteiger partial charge in [0.15, 0.2) is 0 Å². The van der Waals surface area contributed by atoms with Crippen molar-refractivity contribution in [1.29, 1.82) is 0 Å². The van der Waals surface area contributed by atoms with E-state index in [2.05, 4.69) is 31.2 Å². The van der Waals surface area contributed by atoms with Crippen LogP contribution in [0.1, 0.15) is 58.8 Å². The molecule has 1 unspecified atom stereocenters. The Morgan fingerprint density at radius 2 is 1.61 bits per heavy atom. The molecule has 0 saturated carbocycles. The number of aryl methyl sites for hydroxylation is 1. The predicted octanol–water partition coefficient (Wildman–Crippen LogP) is 3.62. The summed E-state index contributed by atoms with van der Waals surface area (Å²) in [5, 5.41) is 0. The van der Waals surface area contributed by atoms with E-state index in [0.29, 0.717) is 18.4 Å². The second-order valence-electron chi connectivity index (χ2n) is 7.64. The highest BCUT2D eigenvalue weighted by Gasteiger charge is 2.31. The lowest BCUT2D eigenvalue weighted by molar-refractivity contribution is -0.139. The van der Waals surface area contributed by atoms with Crippen LogP contribution in [-0.2, 0) is 16.1 Å². The number of likely N-dealkylation sites (tertiary alicyclic amines) is 2. The average Bonchev–Trinajstić information content (AvgIpc) is 3.31. The molecule has 2 aromatic rings. The maximum atomic E-state index is 13.1. The number of benzene rings is 2. The van der Waals surface area contributed by atoms with Gasteiger partial charge in [-0.1, -0.05) is 42.0 Å². The molecule has 28 heavy (non-hydrogen) atoms. The lowest BCUT2D eigenvalue weighted by Gasteiger charge is -2.25. The summed E-state index contributed by atoms with van der Waals surface area (Å²) in [5.74, 6) is -0.214. The third kappa shape index (κ3) is 3.57. The Labute approximate surface area is 164 Å². The summed E-state index contributed by atoms with van der Waals surface area (Å²) in [6.07, 6.45) is 2.57. The molecule has 0 radical (unpaired) electrons. The summed E-state index contributed by atoms with van der Waals surface area (Å²) in [6, 6.07) is 15.8. The van der Waals surface area contributed by atoms with E-state index < -0.39 is 0 Å². The molecular formula is C23H24N2O3. The first-order valence-corrected chi connectivity index (χ1v) is 9.82. The van der Waals surface area contributed by atoms with Crippen LogP contribution in [0.25, 0.3) is 0 Å². The monoisotopic (exact) mass is 376 g/mol. The van der Waals surface area contributed by atoms with Crippen LogP contribution in [0, 0.1) is 6.92 Å². The molecule has 0 bridgehead atoms. The first kappa shape index (κ1) is 18.4. The van der Waals surface area contributed by atoms with Gasteiger partial charge in [-0.3, -0.25) is 19.3 Å². The highest BCUT2D eigenvalue weighted by Crippen LogP contribution is 2.33. The van der Waals surface area contributed by atoms with Crippen molar-refractivity contribution in [3.05, 3.63) is 70.8 Å². The maximum Gasteiger partial charge on any atom is 0.254 e. The minimum absolute atomic E-state index is 0.0305. The number of imide groups is 1. The number of rotatable bonds is 4. The van der Waals surface area contributed by atoms with Crippen LogP contribution in [0.5, 0.6) is 0 Å². The number of carbonyl (C=O) groups is 3. The zero-order chi connectivity index (χ0) is 19.7. The fourth-order valence-corrected chi connectivity index (χ4v) is 4.05. The molecule has 3 amide bonds. The van der Waals surface area contributed by atoms with Crippen LogP contribution in [0.2, 0.25) is 0 Å². The second kappa shape index (κ2) is 7.58. The van der Waals surface area contributed by atoms with Gasteiger partial charge in [0.25, 0.3) is 5.91 Å². The van der Waals surface area contributed by atoms with Crippen LogP contribution in [0.15, 0.2) is 48.5 Å². The van der Waals surface area contributed by atoms with E-state index in [0.717, 1.165) is 24.9 Å². The van der Waals surface area contributed by atoms with E-state index in [9.17, 15) is 14.4 Å². The fraction of sp³-hybridized carbons (Fsp3) is 0.348. The molecule has 0 aliphatic carbocycles. The standard InChI is InChI=1S/C23H24N2O3/c1-16-4-8-18(9-5-16)20-3-2-14-24(20)23(28)19-10-6-17(7-11-19)15-25-21(26)12-13-22(25)27/h4-11,20H,2-3,12-15H2,1H3. The van der Waals surface area contributed by atoms with Crippen LogP contribution >= 0.6 is 0 Å². The molecule has 0 N–H and O–H groups in total. The average molecular weight is 376 g/mol. The van der Waals surface area contributed by atoms with Crippen LogP contribution < -0.4 is 0 Å². The Morgan fingerprint density at radius 1 is 0.964 bits per heavy atom. The Kier molecular flexibility index (Phi) is 4.99. The number of hydrogen-bond donors (Lipinski definition) is 0. The van der Waals surface area contributed by atoms with Gasteiger partial charge in [-0.2, -0.15) is 0 Å². The van der Waals surface area contributed by atoms with Crippen molar-refractivity contribution in [2.24, 2.45) is 0 Å². The second-order valence-corrected chi connectivity index (χ2v) is 7.64. The summed E-state index contributed by atoms with van der Waals surface area (Å²) < 4.78 is 0. The minimum atomic E-state index is -0.122. The van der Waals surface area contributed by atoms with Crippen LogP contribution in [-0.4, -0.2) is 34.1 Å². The van der Waals surface area contributed by atoms with Crippen molar-refractivity contribution < 1.29 is 14.4 Å². The van der Waals surface area contributed by atoms with Gasteiger partial charge in [-0.05, 0) is 43.0 Å². The van der Waals surface area contributed by atoms with Gasteiger partial charge in [0, 0.05) is 24.9 Å². The molecule has 4 rings (SSSR count). The molecule has 2 aliphatic rings.